The van der Waals surface area contributed by atoms with Crippen LogP contribution in [0.4, 0.5) is 11.4 Å². The van der Waals surface area contributed by atoms with Gasteiger partial charge in [0, 0.05) is 19.2 Å². The Morgan fingerprint density at radius 2 is 1.80 bits per heavy atom. The van der Waals surface area contributed by atoms with Crippen molar-refractivity contribution in [1.82, 2.24) is 10.3 Å². The molecule has 0 unspecified atom stereocenters. The number of anilines is 1. The number of nitro groups is 1. The Kier molecular flexibility index (Phi) is 4.05. The van der Waals surface area contributed by atoms with Crippen molar-refractivity contribution in [3.05, 3.63) is 58.1 Å². The molecule has 0 N–H and O–H groups in total. The molecule has 1 fully saturated rings. The van der Waals surface area contributed by atoms with Gasteiger partial charge in [-0.05, 0) is 47.1 Å². The average Bonchev–Trinajstić information content (AvgIpc) is 3.12. The summed E-state index contributed by atoms with van der Waals surface area (Å²) in [6.45, 7) is 1.80. The molecule has 128 valence electrons. The molecular formula is C18H18N4O3. The van der Waals surface area contributed by atoms with Gasteiger partial charge in [-0.25, -0.2) is 4.63 Å². The first-order chi connectivity index (χ1) is 12.2. The lowest BCUT2D eigenvalue weighted by molar-refractivity contribution is -0.383. The number of rotatable bonds is 4. The summed E-state index contributed by atoms with van der Waals surface area (Å²) in [4.78, 5) is 12.9. The Bertz CT molecular complexity index is 886. The lowest BCUT2D eigenvalue weighted by atomic mass is 9.90. The maximum atomic E-state index is 11.1. The van der Waals surface area contributed by atoms with Crippen LogP contribution in [0.5, 0.6) is 0 Å². The number of hydrogen-bond acceptors (Lipinski definition) is 6. The Morgan fingerprint density at radius 3 is 2.52 bits per heavy atom. The Morgan fingerprint density at radius 1 is 1.08 bits per heavy atom. The lowest BCUT2D eigenvalue weighted by Crippen LogP contribution is -2.34. The van der Waals surface area contributed by atoms with E-state index in [4.69, 9.17) is 4.63 Å². The highest BCUT2D eigenvalue weighted by atomic mass is 16.6. The van der Waals surface area contributed by atoms with Crippen molar-refractivity contribution >= 4 is 22.4 Å². The van der Waals surface area contributed by atoms with E-state index >= 15 is 0 Å². The summed E-state index contributed by atoms with van der Waals surface area (Å²) in [6, 6.07) is 13.8. The molecule has 0 atom stereocenters. The number of benzene rings is 2. The largest absolute Gasteiger partial charge is 0.370 e. The molecule has 1 aromatic heterocycles. The molecule has 4 rings (SSSR count). The van der Waals surface area contributed by atoms with Crippen LogP contribution in [-0.4, -0.2) is 28.3 Å². The molecule has 25 heavy (non-hydrogen) atoms. The summed E-state index contributed by atoms with van der Waals surface area (Å²) in [5, 5.41) is 18.7. The number of hydrogen-bond donors (Lipinski definition) is 0. The van der Waals surface area contributed by atoms with Crippen molar-refractivity contribution in [2.45, 2.75) is 19.3 Å². The van der Waals surface area contributed by atoms with E-state index < -0.39 is 4.92 Å². The number of nitrogens with zero attached hydrogens (tertiary/aromatic N) is 4. The average molecular weight is 338 g/mol. The van der Waals surface area contributed by atoms with E-state index in [1.165, 1.54) is 11.6 Å². The Balaban J connectivity index is 1.50. The van der Waals surface area contributed by atoms with Crippen molar-refractivity contribution in [3.63, 3.8) is 0 Å². The zero-order valence-corrected chi connectivity index (χ0v) is 13.7. The number of piperidine rings is 1. The first-order valence-corrected chi connectivity index (χ1v) is 8.41. The normalized spacial score (nSPS) is 15.6. The second kappa shape index (κ2) is 6.51. The molecule has 7 heteroatoms. The lowest BCUT2D eigenvalue weighted by Gasteiger charge is -2.33. The standard InChI is InChI=1S/C18H18N4O3/c23-22(24)16-7-6-15(17-18(16)20-25-19-17)21-10-8-14(9-11-21)12-13-4-2-1-3-5-13/h1-7,14H,8-12H2. The third-order valence-corrected chi connectivity index (χ3v) is 4.89. The fourth-order valence-electron chi connectivity index (χ4n) is 3.57. The van der Waals surface area contributed by atoms with Crippen LogP contribution in [-0.2, 0) is 6.42 Å². The van der Waals surface area contributed by atoms with Gasteiger partial charge in [-0.1, -0.05) is 30.3 Å². The summed E-state index contributed by atoms with van der Waals surface area (Å²) >= 11 is 0. The van der Waals surface area contributed by atoms with Crippen LogP contribution in [0.2, 0.25) is 0 Å². The van der Waals surface area contributed by atoms with Gasteiger partial charge in [0.1, 0.15) is 0 Å². The predicted octanol–water partition coefficient (Wildman–Crippen LogP) is 3.59. The maximum Gasteiger partial charge on any atom is 0.300 e. The third-order valence-electron chi connectivity index (χ3n) is 4.89. The zero-order valence-electron chi connectivity index (χ0n) is 13.7. The van der Waals surface area contributed by atoms with Gasteiger partial charge in [0.05, 0.1) is 10.6 Å². The molecule has 2 aromatic carbocycles. The van der Waals surface area contributed by atoms with Gasteiger partial charge in [-0.3, -0.25) is 10.1 Å². The molecular weight excluding hydrogens is 320 g/mol. The monoisotopic (exact) mass is 338 g/mol. The van der Waals surface area contributed by atoms with Crippen molar-refractivity contribution < 1.29 is 9.55 Å². The number of fused-ring (bicyclic) bond motifs is 1. The number of nitro benzene ring substituents is 1. The van der Waals surface area contributed by atoms with E-state index in [1.54, 1.807) is 6.07 Å². The number of aromatic nitrogens is 2. The minimum absolute atomic E-state index is 0.0704. The van der Waals surface area contributed by atoms with Crippen LogP contribution in [0, 0.1) is 16.0 Å². The van der Waals surface area contributed by atoms with Crippen molar-refractivity contribution in [1.29, 1.82) is 0 Å². The first-order valence-electron chi connectivity index (χ1n) is 8.41. The molecule has 1 saturated heterocycles. The molecule has 0 saturated carbocycles. The minimum atomic E-state index is -0.456. The maximum absolute atomic E-state index is 11.1. The van der Waals surface area contributed by atoms with E-state index in [1.807, 2.05) is 6.07 Å². The zero-order chi connectivity index (χ0) is 17.2. The predicted molar refractivity (Wildman–Crippen MR) is 93.5 cm³/mol. The highest BCUT2D eigenvalue weighted by Crippen LogP contribution is 2.33. The van der Waals surface area contributed by atoms with Gasteiger partial charge in [0.25, 0.3) is 0 Å². The second-order valence-electron chi connectivity index (χ2n) is 6.44. The molecule has 0 bridgehead atoms. The quantitative estimate of drug-likeness (QED) is 0.534. The molecule has 7 nitrogen and oxygen atoms in total. The Hall–Kier alpha value is -2.96. The first kappa shape index (κ1) is 15.6. The highest BCUT2D eigenvalue weighted by Gasteiger charge is 2.25. The summed E-state index contributed by atoms with van der Waals surface area (Å²) in [5.41, 5.74) is 2.85. The molecule has 0 radical (unpaired) electrons. The summed E-state index contributed by atoms with van der Waals surface area (Å²) in [6.07, 6.45) is 3.26. The van der Waals surface area contributed by atoms with Crippen molar-refractivity contribution in [2.75, 3.05) is 18.0 Å². The van der Waals surface area contributed by atoms with Gasteiger partial charge >= 0.3 is 5.69 Å². The van der Waals surface area contributed by atoms with Crippen LogP contribution in [0.25, 0.3) is 11.0 Å². The van der Waals surface area contributed by atoms with Gasteiger partial charge in [-0.2, -0.15) is 0 Å². The van der Waals surface area contributed by atoms with Crippen LogP contribution < -0.4 is 4.90 Å². The topological polar surface area (TPSA) is 85.3 Å². The molecule has 0 spiro atoms. The fraction of sp³-hybridized carbons (Fsp3) is 0.333. The van der Waals surface area contributed by atoms with Crippen LogP contribution in [0.15, 0.2) is 47.1 Å². The van der Waals surface area contributed by atoms with Crippen molar-refractivity contribution in [3.8, 4) is 0 Å². The van der Waals surface area contributed by atoms with E-state index in [2.05, 4.69) is 39.5 Å². The van der Waals surface area contributed by atoms with E-state index in [0.29, 0.717) is 11.4 Å². The third kappa shape index (κ3) is 3.05. The number of non-ortho nitro benzene ring substituents is 1. The van der Waals surface area contributed by atoms with Gasteiger partial charge < -0.3 is 4.90 Å². The second-order valence-corrected chi connectivity index (χ2v) is 6.44. The van der Waals surface area contributed by atoms with Gasteiger partial charge in [0.2, 0.25) is 5.52 Å². The minimum Gasteiger partial charge on any atom is -0.370 e. The van der Waals surface area contributed by atoms with Crippen molar-refractivity contribution in [2.24, 2.45) is 5.92 Å². The van der Waals surface area contributed by atoms with E-state index in [0.717, 1.165) is 38.0 Å². The summed E-state index contributed by atoms with van der Waals surface area (Å²) in [7, 11) is 0. The molecule has 1 aliphatic heterocycles. The van der Waals surface area contributed by atoms with E-state index in [-0.39, 0.29) is 11.2 Å². The molecule has 1 aliphatic rings. The summed E-state index contributed by atoms with van der Waals surface area (Å²) in [5.74, 6) is 0.655. The summed E-state index contributed by atoms with van der Waals surface area (Å²) < 4.78 is 4.76. The van der Waals surface area contributed by atoms with Crippen LogP contribution in [0.3, 0.4) is 0 Å². The van der Waals surface area contributed by atoms with Crippen LogP contribution >= 0.6 is 0 Å². The van der Waals surface area contributed by atoms with Gasteiger partial charge in [0.15, 0.2) is 5.52 Å². The highest BCUT2D eigenvalue weighted by molar-refractivity contribution is 5.93. The fourth-order valence-corrected chi connectivity index (χ4v) is 3.57. The SMILES string of the molecule is O=[N+]([O-])c1ccc(N2CCC(Cc3ccccc3)CC2)c2nonc12. The molecule has 0 amide bonds. The van der Waals surface area contributed by atoms with E-state index in [9.17, 15) is 10.1 Å². The molecule has 2 heterocycles. The van der Waals surface area contributed by atoms with Crippen LogP contribution in [0.1, 0.15) is 18.4 Å². The molecule has 3 aromatic rings. The smallest absolute Gasteiger partial charge is 0.300 e. The Labute approximate surface area is 144 Å². The molecule has 0 aliphatic carbocycles. The van der Waals surface area contributed by atoms with Gasteiger partial charge in [-0.15, -0.1) is 0 Å².